The van der Waals surface area contributed by atoms with Gasteiger partial charge in [-0.3, -0.25) is 0 Å². The molecule has 5 heteroatoms. The molecule has 86 valence electrons. The Hall–Kier alpha value is -0.910. The van der Waals surface area contributed by atoms with Crippen LogP contribution in [0.25, 0.3) is 0 Å². The minimum absolute atomic E-state index is 0.0793. The first-order valence-corrected chi connectivity index (χ1v) is 5.04. The van der Waals surface area contributed by atoms with Crippen LogP contribution in [0.15, 0.2) is 12.4 Å². The lowest BCUT2D eigenvalue weighted by Crippen LogP contribution is -2.49. The molecule has 5 nitrogen and oxygen atoms in total. The van der Waals surface area contributed by atoms with Gasteiger partial charge in [0.25, 0.3) is 0 Å². The van der Waals surface area contributed by atoms with Crippen LogP contribution in [0.1, 0.15) is 12.7 Å². The second-order valence-electron chi connectivity index (χ2n) is 4.01. The van der Waals surface area contributed by atoms with Crippen molar-refractivity contribution in [2.45, 2.75) is 18.9 Å². The maximum Gasteiger partial charge on any atom is 0.109 e. The first-order valence-electron chi connectivity index (χ1n) is 5.04. The quantitative estimate of drug-likeness (QED) is 0.584. The largest absolute Gasteiger partial charge is 0.394 e. The molecule has 0 aliphatic heterocycles. The summed E-state index contributed by atoms with van der Waals surface area (Å²) in [7, 11) is 1.94. The van der Waals surface area contributed by atoms with E-state index in [4.69, 9.17) is 10.2 Å². The van der Waals surface area contributed by atoms with E-state index < -0.39 is 5.54 Å². The van der Waals surface area contributed by atoms with E-state index in [2.05, 4.69) is 10.3 Å². The smallest absolute Gasteiger partial charge is 0.109 e. The van der Waals surface area contributed by atoms with Crippen molar-refractivity contribution in [3.63, 3.8) is 0 Å². The van der Waals surface area contributed by atoms with E-state index in [1.807, 2.05) is 17.8 Å². The Labute approximate surface area is 89.8 Å². The number of rotatable bonds is 6. The van der Waals surface area contributed by atoms with Crippen molar-refractivity contribution in [2.24, 2.45) is 7.05 Å². The van der Waals surface area contributed by atoms with Gasteiger partial charge < -0.3 is 20.1 Å². The summed E-state index contributed by atoms with van der Waals surface area (Å²) >= 11 is 0. The Kier molecular flexibility index (Phi) is 4.26. The van der Waals surface area contributed by atoms with E-state index in [0.717, 1.165) is 12.2 Å². The van der Waals surface area contributed by atoms with Crippen LogP contribution in [-0.4, -0.2) is 45.1 Å². The fraction of sp³-hybridized carbons (Fsp3) is 0.700. The molecule has 0 radical (unpaired) electrons. The van der Waals surface area contributed by atoms with Crippen molar-refractivity contribution in [3.8, 4) is 0 Å². The predicted molar refractivity (Wildman–Crippen MR) is 57.5 cm³/mol. The van der Waals surface area contributed by atoms with Crippen molar-refractivity contribution in [1.29, 1.82) is 0 Å². The van der Waals surface area contributed by atoms with Crippen LogP contribution in [0.4, 0.5) is 0 Å². The van der Waals surface area contributed by atoms with Crippen LogP contribution in [0.2, 0.25) is 0 Å². The monoisotopic (exact) mass is 213 g/mol. The predicted octanol–water partition coefficient (Wildman–Crippen LogP) is -0.704. The summed E-state index contributed by atoms with van der Waals surface area (Å²) in [6.45, 7) is 2.31. The summed E-state index contributed by atoms with van der Waals surface area (Å²) in [5.74, 6) is 0.987. The Morgan fingerprint density at radius 1 is 1.47 bits per heavy atom. The van der Waals surface area contributed by atoms with Gasteiger partial charge in [0.1, 0.15) is 5.82 Å². The molecule has 0 atom stereocenters. The third kappa shape index (κ3) is 3.30. The zero-order valence-electron chi connectivity index (χ0n) is 9.27. The van der Waals surface area contributed by atoms with Gasteiger partial charge in [-0.2, -0.15) is 0 Å². The van der Waals surface area contributed by atoms with Crippen LogP contribution in [0.5, 0.6) is 0 Å². The highest BCUT2D eigenvalue weighted by atomic mass is 16.3. The lowest BCUT2D eigenvalue weighted by Gasteiger charge is -2.26. The molecule has 15 heavy (non-hydrogen) atoms. The number of aliphatic hydroxyl groups excluding tert-OH is 2. The number of nitrogens with one attached hydrogen (secondary N) is 1. The molecule has 1 aromatic heterocycles. The molecule has 0 saturated carbocycles. The molecule has 1 heterocycles. The first-order chi connectivity index (χ1) is 7.11. The molecule has 3 N–H and O–H groups in total. The van der Waals surface area contributed by atoms with Crippen molar-refractivity contribution in [3.05, 3.63) is 18.2 Å². The molecular weight excluding hydrogens is 194 g/mol. The number of nitrogens with zero attached hydrogens (tertiary/aromatic N) is 2. The molecular formula is C10H19N3O2. The fourth-order valence-electron chi connectivity index (χ4n) is 1.28. The van der Waals surface area contributed by atoms with Gasteiger partial charge in [0.2, 0.25) is 0 Å². The number of aliphatic hydroxyl groups is 2. The van der Waals surface area contributed by atoms with E-state index in [-0.39, 0.29) is 13.2 Å². The average Bonchev–Trinajstić information content (AvgIpc) is 2.64. The van der Waals surface area contributed by atoms with E-state index in [1.54, 1.807) is 13.1 Å². The summed E-state index contributed by atoms with van der Waals surface area (Å²) in [5, 5.41) is 21.2. The van der Waals surface area contributed by atoms with E-state index in [1.165, 1.54) is 0 Å². The third-order valence-electron chi connectivity index (χ3n) is 2.52. The van der Waals surface area contributed by atoms with Gasteiger partial charge in [0.05, 0.1) is 18.8 Å². The van der Waals surface area contributed by atoms with Crippen molar-refractivity contribution in [2.75, 3.05) is 19.8 Å². The topological polar surface area (TPSA) is 70.3 Å². The highest BCUT2D eigenvalue weighted by Gasteiger charge is 2.20. The van der Waals surface area contributed by atoms with Crippen molar-refractivity contribution in [1.82, 2.24) is 14.9 Å². The van der Waals surface area contributed by atoms with E-state index >= 15 is 0 Å². The average molecular weight is 213 g/mol. The maximum absolute atomic E-state index is 9.05. The molecule has 0 amide bonds. The number of hydrogen-bond acceptors (Lipinski definition) is 4. The molecule has 0 saturated heterocycles. The van der Waals surface area contributed by atoms with Gasteiger partial charge in [-0.1, -0.05) is 0 Å². The Bertz CT molecular complexity index is 295. The zero-order valence-corrected chi connectivity index (χ0v) is 9.27. The van der Waals surface area contributed by atoms with Gasteiger partial charge in [-0.05, 0) is 6.92 Å². The summed E-state index contributed by atoms with van der Waals surface area (Å²) in [6, 6.07) is 0. The van der Waals surface area contributed by atoms with Gasteiger partial charge in [0, 0.05) is 32.4 Å². The fourth-order valence-corrected chi connectivity index (χ4v) is 1.28. The molecule has 0 spiro atoms. The van der Waals surface area contributed by atoms with Crippen LogP contribution in [-0.2, 0) is 13.5 Å². The summed E-state index contributed by atoms with van der Waals surface area (Å²) in [6.07, 6.45) is 4.43. The van der Waals surface area contributed by atoms with E-state index in [0.29, 0.717) is 6.54 Å². The number of hydrogen-bond donors (Lipinski definition) is 3. The SMILES string of the molecule is Cn1ccnc1CCNC(C)(CO)CO. The van der Waals surface area contributed by atoms with Gasteiger partial charge in [-0.15, -0.1) is 0 Å². The van der Waals surface area contributed by atoms with Crippen LogP contribution < -0.4 is 5.32 Å². The minimum atomic E-state index is -0.606. The molecule has 1 aromatic rings. The second-order valence-corrected chi connectivity index (χ2v) is 4.01. The molecule has 1 rings (SSSR count). The van der Waals surface area contributed by atoms with Crippen LogP contribution in [0.3, 0.4) is 0 Å². The van der Waals surface area contributed by atoms with Crippen molar-refractivity contribution >= 4 is 0 Å². The van der Waals surface area contributed by atoms with Gasteiger partial charge >= 0.3 is 0 Å². The molecule has 0 bridgehead atoms. The highest BCUT2D eigenvalue weighted by molar-refractivity contribution is 4.92. The molecule has 0 aromatic carbocycles. The number of imidazole rings is 1. The summed E-state index contributed by atoms with van der Waals surface area (Å²) in [5.41, 5.74) is -0.606. The van der Waals surface area contributed by atoms with Crippen LogP contribution >= 0.6 is 0 Å². The summed E-state index contributed by atoms with van der Waals surface area (Å²) < 4.78 is 1.96. The molecule has 0 unspecified atom stereocenters. The van der Waals surface area contributed by atoms with Crippen molar-refractivity contribution < 1.29 is 10.2 Å². The molecule has 0 aliphatic carbocycles. The second kappa shape index (κ2) is 5.25. The lowest BCUT2D eigenvalue weighted by molar-refractivity contribution is 0.105. The van der Waals surface area contributed by atoms with Gasteiger partial charge in [0.15, 0.2) is 0 Å². The highest BCUT2D eigenvalue weighted by Crippen LogP contribution is 2.01. The van der Waals surface area contributed by atoms with Crippen LogP contribution in [0, 0.1) is 0 Å². The minimum Gasteiger partial charge on any atom is -0.394 e. The normalized spacial score (nSPS) is 12.0. The maximum atomic E-state index is 9.05. The number of aromatic nitrogens is 2. The Morgan fingerprint density at radius 2 is 2.13 bits per heavy atom. The Balaban J connectivity index is 2.36. The first kappa shape index (κ1) is 12.2. The summed E-state index contributed by atoms with van der Waals surface area (Å²) in [4.78, 5) is 4.18. The lowest BCUT2D eigenvalue weighted by atomic mass is 10.1. The van der Waals surface area contributed by atoms with E-state index in [9.17, 15) is 0 Å². The molecule has 0 fully saturated rings. The standard InChI is InChI=1S/C10H19N3O2/c1-10(7-14,8-15)12-4-3-9-11-5-6-13(9)2/h5-6,12,14-15H,3-4,7-8H2,1-2H3. The third-order valence-corrected chi connectivity index (χ3v) is 2.52. The zero-order chi connectivity index (χ0) is 11.3. The number of aryl methyl sites for hydroxylation is 1. The Morgan fingerprint density at radius 3 is 2.60 bits per heavy atom. The van der Waals surface area contributed by atoms with Gasteiger partial charge in [-0.25, -0.2) is 4.98 Å². The molecule has 0 aliphatic rings.